The molecule has 2 aromatic carbocycles. The van der Waals surface area contributed by atoms with E-state index in [1.54, 1.807) is 6.92 Å². The molecule has 0 radical (unpaired) electrons. The van der Waals surface area contributed by atoms with Crippen LogP contribution in [0.5, 0.6) is 0 Å². The van der Waals surface area contributed by atoms with Crippen molar-refractivity contribution in [2.24, 2.45) is 0 Å². The molecule has 1 aromatic heterocycles. The lowest BCUT2D eigenvalue weighted by Gasteiger charge is -2.11. The van der Waals surface area contributed by atoms with Crippen LogP contribution in [-0.4, -0.2) is 21.1 Å². The van der Waals surface area contributed by atoms with Crippen LogP contribution in [0.2, 0.25) is 0 Å². The van der Waals surface area contributed by atoms with Crippen LogP contribution in [0.3, 0.4) is 0 Å². The fraction of sp³-hybridized carbons (Fsp3) is 0.200. The number of benzene rings is 2. The largest absolute Gasteiger partial charge is 0.337 e. The van der Waals surface area contributed by atoms with E-state index in [4.69, 9.17) is 0 Å². The highest BCUT2D eigenvalue weighted by atomic mass is 32.2. The monoisotopic (exact) mass is 387 g/mol. The Hall–Kier alpha value is -2.67. The number of nitrogens with one attached hydrogen (secondary N) is 2. The number of hydrogen-bond acceptors (Lipinski definition) is 3. The minimum atomic E-state index is -0.680. The average molecular weight is 387 g/mol. The summed E-state index contributed by atoms with van der Waals surface area (Å²) in [5.74, 6) is -1.72. The molecule has 0 aliphatic heterocycles. The smallest absolute Gasteiger partial charge is 0.237 e. The van der Waals surface area contributed by atoms with Gasteiger partial charge in [0, 0.05) is 18.2 Å². The molecule has 27 heavy (non-hydrogen) atoms. The molecule has 1 unspecified atom stereocenters. The van der Waals surface area contributed by atoms with E-state index in [0.29, 0.717) is 11.6 Å². The lowest BCUT2D eigenvalue weighted by molar-refractivity contribution is -0.115. The molecule has 1 heterocycles. The van der Waals surface area contributed by atoms with Crippen LogP contribution in [0.4, 0.5) is 14.5 Å². The van der Waals surface area contributed by atoms with Gasteiger partial charge in [-0.05, 0) is 31.5 Å². The topological polar surface area (TPSA) is 57.8 Å². The van der Waals surface area contributed by atoms with Crippen molar-refractivity contribution >= 4 is 23.4 Å². The van der Waals surface area contributed by atoms with Gasteiger partial charge < -0.3 is 10.3 Å². The number of rotatable bonds is 6. The maximum Gasteiger partial charge on any atom is 0.237 e. The molecule has 0 fully saturated rings. The molecule has 1 atom stereocenters. The number of thioether (sulfide) groups is 1. The van der Waals surface area contributed by atoms with E-state index in [9.17, 15) is 13.6 Å². The summed E-state index contributed by atoms with van der Waals surface area (Å²) in [5, 5.41) is 2.49. The molecule has 0 saturated heterocycles. The zero-order valence-corrected chi connectivity index (χ0v) is 15.7. The van der Waals surface area contributed by atoms with Crippen LogP contribution in [0.25, 0.3) is 0 Å². The Kier molecular flexibility index (Phi) is 5.91. The number of nitrogens with zero attached hydrogens (tertiary/aromatic N) is 1. The second-order valence-electron chi connectivity index (χ2n) is 6.15. The van der Waals surface area contributed by atoms with Crippen LogP contribution < -0.4 is 5.32 Å². The first-order chi connectivity index (χ1) is 12.9. The number of aromatic amines is 1. The van der Waals surface area contributed by atoms with E-state index in [1.807, 2.05) is 37.3 Å². The van der Waals surface area contributed by atoms with E-state index in [0.717, 1.165) is 35.2 Å². The van der Waals surface area contributed by atoms with Gasteiger partial charge in [0.2, 0.25) is 5.91 Å². The second kappa shape index (κ2) is 8.35. The molecular weight excluding hydrogens is 368 g/mol. The highest BCUT2D eigenvalue weighted by molar-refractivity contribution is 8.00. The van der Waals surface area contributed by atoms with Gasteiger partial charge in [0.15, 0.2) is 5.16 Å². The zero-order chi connectivity index (χ0) is 19.4. The first-order valence-corrected chi connectivity index (χ1v) is 9.32. The molecule has 0 spiro atoms. The Morgan fingerprint density at radius 1 is 1.22 bits per heavy atom. The molecule has 1 amide bonds. The van der Waals surface area contributed by atoms with Gasteiger partial charge in [-0.25, -0.2) is 13.8 Å². The van der Waals surface area contributed by atoms with Gasteiger partial charge in [0.05, 0.1) is 16.6 Å². The van der Waals surface area contributed by atoms with E-state index in [-0.39, 0.29) is 5.69 Å². The Morgan fingerprint density at radius 3 is 2.70 bits per heavy atom. The Balaban J connectivity index is 1.65. The second-order valence-corrected chi connectivity index (χ2v) is 7.48. The molecule has 3 aromatic rings. The van der Waals surface area contributed by atoms with Crippen molar-refractivity contribution in [1.29, 1.82) is 0 Å². The summed E-state index contributed by atoms with van der Waals surface area (Å²) in [7, 11) is 0. The van der Waals surface area contributed by atoms with Crippen molar-refractivity contribution in [3.63, 3.8) is 0 Å². The van der Waals surface area contributed by atoms with Crippen LogP contribution in [0.1, 0.15) is 23.9 Å². The van der Waals surface area contributed by atoms with Crippen molar-refractivity contribution < 1.29 is 13.6 Å². The normalized spacial score (nSPS) is 12.0. The molecule has 7 heteroatoms. The highest BCUT2D eigenvalue weighted by Crippen LogP contribution is 2.24. The minimum Gasteiger partial charge on any atom is -0.337 e. The third-order valence-corrected chi connectivity index (χ3v) is 5.01. The van der Waals surface area contributed by atoms with Gasteiger partial charge in [-0.2, -0.15) is 0 Å². The molecule has 4 nitrogen and oxygen atoms in total. The number of H-pyrrole nitrogens is 1. The minimum absolute atomic E-state index is 0.173. The molecule has 0 aliphatic carbocycles. The van der Waals surface area contributed by atoms with Crippen LogP contribution in [0.15, 0.2) is 53.7 Å². The first kappa shape index (κ1) is 19.1. The van der Waals surface area contributed by atoms with Gasteiger partial charge >= 0.3 is 0 Å². The number of anilines is 1. The maximum absolute atomic E-state index is 13.7. The van der Waals surface area contributed by atoms with Gasteiger partial charge in [-0.1, -0.05) is 42.1 Å². The van der Waals surface area contributed by atoms with Crippen LogP contribution in [0, 0.1) is 18.6 Å². The van der Waals surface area contributed by atoms with Gasteiger partial charge in [0.25, 0.3) is 0 Å². The van der Waals surface area contributed by atoms with Crippen LogP contribution >= 0.6 is 11.8 Å². The molecule has 0 bridgehead atoms. The Labute approximate surface area is 160 Å². The van der Waals surface area contributed by atoms with Crippen molar-refractivity contribution in [3.8, 4) is 0 Å². The SMILES string of the molecule is Cc1[nH]c(SC(C)C(=O)Nc2cc(F)ccc2F)nc1Cc1ccccc1. The number of halogens is 2. The number of carbonyl (C=O) groups excluding carboxylic acids is 1. The zero-order valence-electron chi connectivity index (χ0n) is 14.9. The maximum atomic E-state index is 13.7. The molecule has 0 aliphatic rings. The first-order valence-electron chi connectivity index (χ1n) is 8.44. The fourth-order valence-electron chi connectivity index (χ4n) is 2.53. The van der Waals surface area contributed by atoms with Crippen molar-refractivity contribution in [3.05, 3.63) is 77.1 Å². The summed E-state index contributed by atoms with van der Waals surface area (Å²) in [4.78, 5) is 20.0. The molecule has 0 saturated carbocycles. The summed E-state index contributed by atoms with van der Waals surface area (Å²) in [6.07, 6.45) is 0.693. The number of imidazole rings is 1. The van der Waals surface area contributed by atoms with E-state index < -0.39 is 22.8 Å². The Bertz CT molecular complexity index is 944. The molecule has 140 valence electrons. The molecule has 3 rings (SSSR count). The van der Waals surface area contributed by atoms with E-state index in [1.165, 1.54) is 11.8 Å². The lowest BCUT2D eigenvalue weighted by atomic mass is 10.1. The molecular formula is C20H19F2N3OS. The van der Waals surface area contributed by atoms with Crippen molar-refractivity contribution in [2.45, 2.75) is 30.7 Å². The predicted octanol–water partition coefficient (Wildman–Crippen LogP) is 4.71. The van der Waals surface area contributed by atoms with Gasteiger partial charge in [-0.15, -0.1) is 0 Å². The van der Waals surface area contributed by atoms with Crippen LogP contribution in [-0.2, 0) is 11.2 Å². The summed E-state index contributed by atoms with van der Waals surface area (Å²) < 4.78 is 26.9. The number of hydrogen-bond donors (Lipinski definition) is 2. The summed E-state index contributed by atoms with van der Waals surface area (Å²) in [6.45, 7) is 3.62. The number of aryl methyl sites for hydroxylation is 1. The third kappa shape index (κ3) is 4.95. The molecule has 2 N–H and O–H groups in total. The predicted molar refractivity (Wildman–Crippen MR) is 103 cm³/mol. The van der Waals surface area contributed by atoms with Gasteiger partial charge in [0.1, 0.15) is 11.6 Å². The summed E-state index contributed by atoms with van der Waals surface area (Å²) in [6, 6.07) is 12.9. The fourth-order valence-corrected chi connectivity index (χ4v) is 3.41. The highest BCUT2D eigenvalue weighted by Gasteiger charge is 2.19. The summed E-state index contributed by atoms with van der Waals surface area (Å²) in [5.41, 5.74) is 2.82. The number of amides is 1. The van der Waals surface area contributed by atoms with Crippen molar-refractivity contribution in [1.82, 2.24) is 9.97 Å². The van der Waals surface area contributed by atoms with E-state index in [2.05, 4.69) is 15.3 Å². The average Bonchev–Trinajstić information content (AvgIpc) is 2.98. The number of aromatic nitrogens is 2. The van der Waals surface area contributed by atoms with Crippen molar-refractivity contribution in [2.75, 3.05) is 5.32 Å². The Morgan fingerprint density at radius 2 is 1.96 bits per heavy atom. The summed E-state index contributed by atoms with van der Waals surface area (Å²) >= 11 is 1.23. The standard InChI is InChI=1S/C20H19F2N3OS/c1-12-17(10-14-6-4-3-5-7-14)25-20(23-12)27-13(2)19(26)24-18-11-15(21)8-9-16(18)22/h3-9,11,13H,10H2,1-2H3,(H,23,25)(H,24,26). The number of carbonyl (C=O) groups is 1. The van der Waals surface area contributed by atoms with E-state index >= 15 is 0 Å². The lowest BCUT2D eigenvalue weighted by Crippen LogP contribution is -2.23. The van der Waals surface area contributed by atoms with Gasteiger partial charge in [-0.3, -0.25) is 4.79 Å². The quantitative estimate of drug-likeness (QED) is 0.603. The third-order valence-electron chi connectivity index (χ3n) is 4.02.